The van der Waals surface area contributed by atoms with Crippen LogP contribution in [0.2, 0.25) is 0 Å². The molecule has 0 bridgehead atoms. The number of benzene rings is 1. The highest BCUT2D eigenvalue weighted by atomic mass is 16.3. The third-order valence-corrected chi connectivity index (χ3v) is 4.01. The van der Waals surface area contributed by atoms with E-state index in [0.29, 0.717) is 41.7 Å². The number of pyridine rings is 1. The molecule has 0 saturated carbocycles. The Balaban J connectivity index is 1.66. The van der Waals surface area contributed by atoms with E-state index >= 15 is 0 Å². The lowest BCUT2D eigenvalue weighted by Crippen LogP contribution is -2.13. The van der Waals surface area contributed by atoms with Crippen LogP contribution in [0.1, 0.15) is 15.9 Å². The molecule has 1 amide bonds. The number of aromatic nitrogens is 4. The molecule has 1 aromatic carbocycles. The lowest BCUT2D eigenvalue weighted by molar-refractivity contribution is 0.0966. The van der Waals surface area contributed by atoms with Gasteiger partial charge in [-0.1, -0.05) is 18.2 Å². The maximum atomic E-state index is 12.0. The largest absolute Gasteiger partial charge is 0.395 e. The first-order valence-electron chi connectivity index (χ1n) is 7.89. The highest BCUT2D eigenvalue weighted by molar-refractivity contribution is 6.04. The second kappa shape index (κ2) is 6.33. The molecule has 0 fully saturated rings. The number of carbonyl (C=O) groups excluding carboxylic acids is 1. The van der Waals surface area contributed by atoms with E-state index in [4.69, 9.17) is 5.11 Å². The van der Waals surface area contributed by atoms with Gasteiger partial charge < -0.3 is 20.3 Å². The summed E-state index contributed by atoms with van der Waals surface area (Å²) in [6.45, 7) is 0.934. The number of nitrogens with zero attached hydrogens (tertiary/aromatic N) is 4. The molecule has 126 valence electrons. The predicted octanol–water partition coefficient (Wildman–Crippen LogP) is 1.32. The number of rotatable bonds is 5. The molecule has 3 N–H and O–H groups in total. The average molecular weight is 336 g/mol. The van der Waals surface area contributed by atoms with E-state index in [1.54, 1.807) is 10.9 Å². The Kier molecular flexibility index (Phi) is 3.87. The van der Waals surface area contributed by atoms with E-state index < -0.39 is 0 Å². The first-order valence-corrected chi connectivity index (χ1v) is 7.89. The van der Waals surface area contributed by atoms with E-state index in [9.17, 15) is 4.79 Å². The first kappa shape index (κ1) is 15.3. The summed E-state index contributed by atoms with van der Waals surface area (Å²) in [5, 5.41) is 23.1. The van der Waals surface area contributed by atoms with Crippen molar-refractivity contribution >= 4 is 17.4 Å². The molecule has 3 heterocycles. The zero-order valence-electron chi connectivity index (χ0n) is 13.3. The summed E-state index contributed by atoms with van der Waals surface area (Å²) in [6, 6.07) is 11.2. The summed E-state index contributed by atoms with van der Waals surface area (Å²) < 4.78 is 1.74. The molecule has 4 rings (SSSR count). The van der Waals surface area contributed by atoms with Crippen LogP contribution in [0, 0.1) is 0 Å². The van der Waals surface area contributed by atoms with Crippen molar-refractivity contribution in [3.8, 4) is 11.5 Å². The molecule has 0 radical (unpaired) electrons. The normalized spacial score (nSPS) is 12.8. The third-order valence-electron chi connectivity index (χ3n) is 4.01. The van der Waals surface area contributed by atoms with Crippen LogP contribution < -0.4 is 10.6 Å². The van der Waals surface area contributed by atoms with Crippen molar-refractivity contribution in [3.63, 3.8) is 0 Å². The molecule has 1 aliphatic rings. The van der Waals surface area contributed by atoms with Gasteiger partial charge in [0.15, 0.2) is 5.82 Å². The second-order valence-electron chi connectivity index (χ2n) is 5.63. The number of nitrogens with one attached hydrogen (secondary N) is 2. The lowest BCUT2D eigenvalue weighted by Gasteiger charge is -2.10. The van der Waals surface area contributed by atoms with Crippen LogP contribution >= 0.6 is 0 Å². The van der Waals surface area contributed by atoms with Crippen LogP contribution in [-0.2, 0) is 13.1 Å². The highest BCUT2D eigenvalue weighted by Crippen LogP contribution is 2.27. The first-order chi connectivity index (χ1) is 12.3. The van der Waals surface area contributed by atoms with Gasteiger partial charge in [-0.15, -0.1) is 10.2 Å². The number of aliphatic hydroxyl groups is 1. The van der Waals surface area contributed by atoms with Gasteiger partial charge in [-0.2, -0.15) is 0 Å². The summed E-state index contributed by atoms with van der Waals surface area (Å²) in [7, 11) is 0. The van der Waals surface area contributed by atoms with Crippen LogP contribution in [0.3, 0.4) is 0 Å². The topological polar surface area (TPSA) is 105 Å². The molecule has 3 aromatic rings. The summed E-state index contributed by atoms with van der Waals surface area (Å²) in [4.78, 5) is 16.6. The summed E-state index contributed by atoms with van der Waals surface area (Å²) in [5.41, 5.74) is 2.97. The molecular weight excluding hydrogens is 320 g/mol. The Morgan fingerprint density at radius 3 is 3.00 bits per heavy atom. The molecule has 25 heavy (non-hydrogen) atoms. The number of hydrogen-bond acceptors (Lipinski definition) is 6. The van der Waals surface area contributed by atoms with Crippen molar-refractivity contribution in [1.29, 1.82) is 0 Å². The maximum Gasteiger partial charge on any atom is 0.254 e. The number of amides is 1. The minimum absolute atomic E-state index is 0.00571. The van der Waals surface area contributed by atoms with Crippen LogP contribution in [0.25, 0.3) is 11.5 Å². The zero-order chi connectivity index (χ0) is 17.2. The van der Waals surface area contributed by atoms with Gasteiger partial charge in [-0.25, -0.2) is 4.98 Å². The van der Waals surface area contributed by atoms with Gasteiger partial charge in [-0.05, 0) is 23.8 Å². The van der Waals surface area contributed by atoms with Crippen molar-refractivity contribution in [2.75, 3.05) is 11.9 Å². The Hall–Kier alpha value is -3.26. The summed E-state index contributed by atoms with van der Waals surface area (Å²) >= 11 is 0. The maximum absolute atomic E-state index is 12.0. The minimum Gasteiger partial charge on any atom is -0.395 e. The van der Waals surface area contributed by atoms with Gasteiger partial charge in [0.1, 0.15) is 17.8 Å². The third kappa shape index (κ3) is 2.83. The SMILES string of the molecule is O=C1NCc2cccc(Nc3cccc(-c4nncn4CCO)n3)c21. The van der Waals surface area contributed by atoms with E-state index in [-0.39, 0.29) is 12.5 Å². The fourth-order valence-electron chi connectivity index (χ4n) is 2.88. The fourth-order valence-corrected chi connectivity index (χ4v) is 2.88. The number of aliphatic hydroxyl groups excluding tert-OH is 1. The van der Waals surface area contributed by atoms with Crippen LogP contribution in [0.5, 0.6) is 0 Å². The molecule has 0 spiro atoms. The van der Waals surface area contributed by atoms with Gasteiger partial charge in [0, 0.05) is 13.1 Å². The quantitative estimate of drug-likeness (QED) is 0.649. The molecule has 1 aliphatic heterocycles. The molecule has 0 atom stereocenters. The Bertz CT molecular complexity index is 936. The molecule has 0 saturated heterocycles. The van der Waals surface area contributed by atoms with E-state index in [1.165, 1.54) is 0 Å². The van der Waals surface area contributed by atoms with Gasteiger partial charge in [-0.3, -0.25) is 4.79 Å². The van der Waals surface area contributed by atoms with Gasteiger partial charge in [0.25, 0.3) is 5.91 Å². The molecule has 0 unspecified atom stereocenters. The number of anilines is 2. The Labute approximate surface area is 143 Å². The average Bonchev–Trinajstić information content (AvgIpc) is 3.23. The van der Waals surface area contributed by atoms with Crippen molar-refractivity contribution in [1.82, 2.24) is 25.1 Å². The molecular formula is C17H16N6O2. The van der Waals surface area contributed by atoms with Gasteiger partial charge in [0.2, 0.25) is 0 Å². The van der Waals surface area contributed by atoms with E-state index in [2.05, 4.69) is 25.8 Å². The monoisotopic (exact) mass is 336 g/mol. The zero-order valence-corrected chi connectivity index (χ0v) is 13.3. The highest BCUT2D eigenvalue weighted by Gasteiger charge is 2.22. The Morgan fingerprint density at radius 1 is 1.24 bits per heavy atom. The standard InChI is InChI=1S/C17H16N6O2/c24-8-7-23-10-19-22-16(23)13-5-2-6-14(21-13)20-12-4-1-3-11-9-18-17(25)15(11)12/h1-6,10,24H,7-9H2,(H,18,25)(H,20,21). The van der Waals surface area contributed by atoms with Crippen molar-refractivity contribution in [3.05, 3.63) is 53.9 Å². The van der Waals surface area contributed by atoms with Crippen LogP contribution in [0.15, 0.2) is 42.7 Å². The van der Waals surface area contributed by atoms with Crippen molar-refractivity contribution in [2.24, 2.45) is 0 Å². The summed E-state index contributed by atoms with van der Waals surface area (Å²) in [5.74, 6) is 1.09. The van der Waals surface area contributed by atoms with Crippen molar-refractivity contribution < 1.29 is 9.90 Å². The van der Waals surface area contributed by atoms with Gasteiger partial charge in [0.05, 0.1) is 17.9 Å². The van der Waals surface area contributed by atoms with E-state index in [1.807, 2.05) is 36.4 Å². The second-order valence-corrected chi connectivity index (χ2v) is 5.63. The number of fused-ring (bicyclic) bond motifs is 1. The van der Waals surface area contributed by atoms with E-state index in [0.717, 1.165) is 5.56 Å². The number of hydrogen-bond donors (Lipinski definition) is 3. The van der Waals surface area contributed by atoms with Crippen LogP contribution in [-0.4, -0.2) is 37.4 Å². The lowest BCUT2D eigenvalue weighted by atomic mass is 10.1. The molecule has 0 aliphatic carbocycles. The minimum atomic E-state index is -0.0862. The molecule has 8 heteroatoms. The fraction of sp³-hybridized carbons (Fsp3) is 0.176. The predicted molar refractivity (Wildman–Crippen MR) is 91.2 cm³/mol. The summed E-state index contributed by atoms with van der Waals surface area (Å²) in [6.07, 6.45) is 1.56. The number of carbonyl (C=O) groups is 1. The molecule has 2 aromatic heterocycles. The van der Waals surface area contributed by atoms with Gasteiger partial charge >= 0.3 is 0 Å². The van der Waals surface area contributed by atoms with Crippen LogP contribution in [0.4, 0.5) is 11.5 Å². The Morgan fingerprint density at radius 2 is 2.12 bits per heavy atom. The van der Waals surface area contributed by atoms with Crippen molar-refractivity contribution in [2.45, 2.75) is 13.1 Å². The molecule has 8 nitrogen and oxygen atoms in total. The smallest absolute Gasteiger partial charge is 0.254 e.